The van der Waals surface area contributed by atoms with Crippen molar-refractivity contribution >= 4 is 34.3 Å². The number of rotatable bonds is 8. The smallest absolute Gasteiger partial charge is 0.399 e. The number of fused-ring (bicyclic) bond motifs is 1. The van der Waals surface area contributed by atoms with Gasteiger partial charge in [-0.25, -0.2) is 8.89 Å². The van der Waals surface area contributed by atoms with Crippen LogP contribution in [0.1, 0.15) is 56.1 Å². The van der Waals surface area contributed by atoms with E-state index in [0.717, 1.165) is 16.8 Å². The van der Waals surface area contributed by atoms with Gasteiger partial charge in [-0.3, -0.25) is 14.3 Å². The van der Waals surface area contributed by atoms with E-state index in [1.807, 2.05) is 0 Å². The summed E-state index contributed by atoms with van der Waals surface area (Å²) in [6.45, 7) is 1.46. The SMILES string of the molecule is C[C@H](NC(=O)c1c(C(F)(F)F)nn2c1N(Cc1cccc(C(F)(F)F)c1)CC2)c1ccc(C(=O)NS(=O)c2ccc(N)cc2)cc1. The van der Waals surface area contributed by atoms with Gasteiger partial charge >= 0.3 is 12.4 Å². The third kappa shape index (κ3) is 7.01. The number of nitrogen functional groups attached to an aromatic ring is 1. The molecule has 4 aromatic rings. The van der Waals surface area contributed by atoms with Gasteiger partial charge in [0.2, 0.25) is 0 Å². The van der Waals surface area contributed by atoms with E-state index in [0.29, 0.717) is 16.1 Å². The van der Waals surface area contributed by atoms with Crippen LogP contribution in [0, 0.1) is 0 Å². The minimum atomic E-state index is -4.99. The Morgan fingerprint density at radius 1 is 0.935 bits per heavy atom. The molecule has 0 radical (unpaired) electrons. The monoisotopic (exact) mass is 664 g/mol. The van der Waals surface area contributed by atoms with Gasteiger partial charge in [0.25, 0.3) is 11.8 Å². The van der Waals surface area contributed by atoms with Gasteiger partial charge in [-0.1, -0.05) is 24.3 Å². The number of hydrogen-bond acceptors (Lipinski definition) is 6. The number of nitrogens with zero attached hydrogens (tertiary/aromatic N) is 3. The normalized spacial score (nSPS) is 14.5. The Kier molecular flexibility index (Phi) is 8.84. The zero-order valence-electron chi connectivity index (χ0n) is 23.9. The fraction of sp³-hybridized carbons (Fsp3) is 0.233. The molecule has 9 nitrogen and oxygen atoms in total. The first kappa shape index (κ1) is 32.5. The summed E-state index contributed by atoms with van der Waals surface area (Å²) in [5.74, 6) is -1.89. The summed E-state index contributed by atoms with van der Waals surface area (Å²) < 4.78 is 97.6. The number of nitrogens with one attached hydrogen (secondary N) is 2. The molecule has 0 fully saturated rings. The Hall–Kier alpha value is -4.86. The lowest BCUT2D eigenvalue weighted by molar-refractivity contribution is -0.142. The predicted molar refractivity (Wildman–Crippen MR) is 157 cm³/mol. The average Bonchev–Trinajstić information content (AvgIpc) is 3.57. The highest BCUT2D eigenvalue weighted by Crippen LogP contribution is 2.39. The average molecular weight is 665 g/mol. The highest BCUT2D eigenvalue weighted by molar-refractivity contribution is 7.83. The molecule has 16 heteroatoms. The van der Waals surface area contributed by atoms with E-state index < -0.39 is 58.0 Å². The van der Waals surface area contributed by atoms with Crippen LogP contribution in [0.15, 0.2) is 77.7 Å². The number of halogens is 6. The van der Waals surface area contributed by atoms with E-state index in [1.54, 1.807) is 0 Å². The molecule has 242 valence electrons. The van der Waals surface area contributed by atoms with E-state index in [-0.39, 0.29) is 36.6 Å². The highest BCUT2D eigenvalue weighted by atomic mass is 32.2. The van der Waals surface area contributed by atoms with Gasteiger partial charge < -0.3 is 16.0 Å². The Balaban J connectivity index is 1.33. The fourth-order valence-corrected chi connectivity index (χ4v) is 5.74. The maximum absolute atomic E-state index is 14.0. The van der Waals surface area contributed by atoms with Crippen LogP contribution >= 0.6 is 0 Å². The van der Waals surface area contributed by atoms with Crippen molar-refractivity contribution in [3.05, 3.63) is 106 Å². The number of aromatic nitrogens is 2. The van der Waals surface area contributed by atoms with Crippen molar-refractivity contribution in [2.24, 2.45) is 0 Å². The Labute approximate surface area is 261 Å². The minimum Gasteiger partial charge on any atom is -0.399 e. The fourth-order valence-electron chi connectivity index (χ4n) is 4.95. The van der Waals surface area contributed by atoms with Crippen molar-refractivity contribution in [2.75, 3.05) is 17.2 Å². The Bertz CT molecular complexity index is 1790. The lowest BCUT2D eigenvalue weighted by atomic mass is 10.0. The molecule has 0 aliphatic carbocycles. The molecule has 2 amide bonds. The van der Waals surface area contributed by atoms with Gasteiger partial charge in [0.05, 0.1) is 23.0 Å². The molecular weight excluding hydrogens is 638 g/mol. The van der Waals surface area contributed by atoms with Crippen LogP contribution in [0.25, 0.3) is 0 Å². The van der Waals surface area contributed by atoms with Crippen LogP contribution in [-0.4, -0.2) is 32.3 Å². The quantitative estimate of drug-likeness (QED) is 0.170. The number of carbonyl (C=O) groups excluding carboxylic acids is 2. The van der Waals surface area contributed by atoms with Crippen LogP contribution in [-0.2, 0) is 36.4 Å². The maximum atomic E-state index is 14.0. The van der Waals surface area contributed by atoms with Crippen LogP contribution in [0.2, 0.25) is 0 Å². The number of amides is 2. The lowest BCUT2D eigenvalue weighted by Gasteiger charge is -2.21. The molecule has 3 aromatic carbocycles. The van der Waals surface area contributed by atoms with Crippen LogP contribution in [0.3, 0.4) is 0 Å². The summed E-state index contributed by atoms with van der Waals surface area (Å²) in [7, 11) is -1.86. The molecule has 0 saturated carbocycles. The van der Waals surface area contributed by atoms with Crippen LogP contribution in [0.4, 0.5) is 37.8 Å². The third-order valence-electron chi connectivity index (χ3n) is 7.23. The number of carbonyl (C=O) groups is 2. The second kappa shape index (κ2) is 12.5. The summed E-state index contributed by atoms with van der Waals surface area (Å²) in [6.07, 6.45) is -9.59. The first-order valence-corrected chi connectivity index (χ1v) is 14.8. The van der Waals surface area contributed by atoms with Gasteiger partial charge in [0.1, 0.15) is 11.4 Å². The molecule has 1 aromatic heterocycles. The third-order valence-corrected chi connectivity index (χ3v) is 8.30. The van der Waals surface area contributed by atoms with E-state index in [4.69, 9.17) is 5.73 Å². The van der Waals surface area contributed by atoms with Crippen molar-refractivity contribution in [2.45, 2.75) is 43.3 Å². The summed E-state index contributed by atoms with van der Waals surface area (Å²) >= 11 is 0. The molecule has 46 heavy (non-hydrogen) atoms. The number of nitrogens with two attached hydrogens (primary N) is 1. The largest absolute Gasteiger partial charge is 0.436 e. The topological polar surface area (TPSA) is 122 Å². The van der Waals surface area contributed by atoms with Crippen LogP contribution < -0.4 is 20.7 Å². The molecular formula is C30H26F6N6O3S. The van der Waals surface area contributed by atoms with E-state index in [1.165, 1.54) is 72.5 Å². The van der Waals surface area contributed by atoms with Crippen LogP contribution in [0.5, 0.6) is 0 Å². The van der Waals surface area contributed by atoms with E-state index >= 15 is 0 Å². The standard InChI is InChI=1S/C30H26F6N6O3S/c1-17(19-5-7-20(8-6-19)26(43)40-46(45)23-11-9-22(37)10-12-23)38-27(44)24-25(30(34,35)36)39-42-14-13-41(28(24)42)16-18-3-2-4-21(15-18)29(31,32)33/h2-12,15,17H,13-14,16,37H2,1H3,(H,38,44)(H,40,43)/t17-,46?/m0/s1. The van der Waals surface area contributed by atoms with Gasteiger partial charge in [-0.2, -0.15) is 31.4 Å². The molecule has 0 bridgehead atoms. The van der Waals surface area contributed by atoms with Crippen molar-refractivity contribution in [1.82, 2.24) is 19.8 Å². The number of hydrogen-bond donors (Lipinski definition) is 3. The number of benzene rings is 3. The Morgan fingerprint density at radius 2 is 1.61 bits per heavy atom. The molecule has 1 aliphatic rings. The molecule has 4 N–H and O–H groups in total. The molecule has 2 heterocycles. The second-order valence-corrected chi connectivity index (χ2v) is 11.7. The van der Waals surface area contributed by atoms with Gasteiger partial charge in [-0.05, 0) is 66.6 Å². The summed E-state index contributed by atoms with van der Waals surface area (Å²) in [5, 5.41) is 6.16. The molecule has 0 saturated heterocycles. The zero-order valence-corrected chi connectivity index (χ0v) is 24.8. The van der Waals surface area contributed by atoms with E-state index in [2.05, 4.69) is 15.1 Å². The number of anilines is 2. The number of alkyl halides is 6. The van der Waals surface area contributed by atoms with E-state index in [9.17, 15) is 40.1 Å². The second-order valence-electron chi connectivity index (χ2n) is 10.5. The predicted octanol–water partition coefficient (Wildman–Crippen LogP) is 5.47. The zero-order chi connectivity index (χ0) is 33.4. The molecule has 0 spiro atoms. The lowest BCUT2D eigenvalue weighted by Crippen LogP contribution is -2.31. The molecule has 1 aliphatic heterocycles. The summed E-state index contributed by atoms with van der Waals surface area (Å²) in [6, 6.07) is 15.5. The summed E-state index contributed by atoms with van der Waals surface area (Å²) in [5.41, 5.74) is 3.80. The summed E-state index contributed by atoms with van der Waals surface area (Å²) in [4.78, 5) is 27.7. The minimum absolute atomic E-state index is 0.00709. The Morgan fingerprint density at radius 3 is 2.24 bits per heavy atom. The van der Waals surface area contributed by atoms with Gasteiger partial charge in [0.15, 0.2) is 16.7 Å². The first-order chi connectivity index (χ1) is 21.6. The molecule has 2 atom stereocenters. The van der Waals surface area contributed by atoms with Crippen molar-refractivity contribution < 1.29 is 40.1 Å². The maximum Gasteiger partial charge on any atom is 0.436 e. The van der Waals surface area contributed by atoms with Gasteiger partial charge in [0, 0.05) is 24.3 Å². The van der Waals surface area contributed by atoms with Crippen molar-refractivity contribution in [3.63, 3.8) is 0 Å². The highest BCUT2D eigenvalue weighted by Gasteiger charge is 2.44. The molecule has 5 rings (SSSR count). The molecule has 1 unspecified atom stereocenters. The van der Waals surface area contributed by atoms with Crippen molar-refractivity contribution in [3.8, 4) is 0 Å². The first-order valence-electron chi connectivity index (χ1n) is 13.7. The van der Waals surface area contributed by atoms with Gasteiger partial charge in [-0.15, -0.1) is 0 Å². The van der Waals surface area contributed by atoms with Crippen molar-refractivity contribution in [1.29, 1.82) is 0 Å².